The first-order valence-electron chi connectivity index (χ1n) is 6.60. The van der Waals surface area contributed by atoms with Crippen molar-refractivity contribution in [3.8, 4) is 0 Å². The molecule has 0 aliphatic heterocycles. The molecular formula is C17H16FNO. The Morgan fingerprint density at radius 1 is 1.15 bits per heavy atom. The summed E-state index contributed by atoms with van der Waals surface area (Å²) >= 11 is 0. The molecule has 0 aliphatic rings. The van der Waals surface area contributed by atoms with E-state index in [2.05, 4.69) is 4.98 Å². The smallest absolute Gasteiger partial charge is 0.126 e. The SMILES string of the molecule is CC(O)(Cc1ccccc1F)c1ccc2[nH]ccc2c1. The van der Waals surface area contributed by atoms with Gasteiger partial charge in [0.2, 0.25) is 0 Å². The molecule has 0 aliphatic carbocycles. The number of aliphatic hydroxyl groups is 1. The maximum Gasteiger partial charge on any atom is 0.126 e. The quantitative estimate of drug-likeness (QED) is 0.746. The Kier molecular flexibility index (Phi) is 3.07. The Bertz CT molecular complexity index is 745. The molecule has 0 amide bonds. The monoisotopic (exact) mass is 269 g/mol. The number of benzene rings is 2. The minimum atomic E-state index is -1.10. The predicted octanol–water partition coefficient (Wildman–Crippen LogP) is 3.76. The van der Waals surface area contributed by atoms with Crippen molar-refractivity contribution in [2.75, 3.05) is 0 Å². The summed E-state index contributed by atoms with van der Waals surface area (Å²) in [6.07, 6.45) is 2.11. The summed E-state index contributed by atoms with van der Waals surface area (Å²) in [6.45, 7) is 1.72. The van der Waals surface area contributed by atoms with Crippen LogP contribution in [0.1, 0.15) is 18.1 Å². The van der Waals surface area contributed by atoms with Crippen molar-refractivity contribution < 1.29 is 9.50 Å². The van der Waals surface area contributed by atoms with E-state index in [1.807, 2.05) is 30.5 Å². The summed E-state index contributed by atoms with van der Waals surface area (Å²) in [7, 11) is 0. The van der Waals surface area contributed by atoms with Gasteiger partial charge in [0.1, 0.15) is 5.82 Å². The average Bonchev–Trinajstić information content (AvgIpc) is 2.88. The van der Waals surface area contributed by atoms with Crippen molar-refractivity contribution in [1.29, 1.82) is 0 Å². The highest BCUT2D eigenvalue weighted by Crippen LogP contribution is 2.28. The van der Waals surface area contributed by atoms with E-state index in [1.165, 1.54) is 6.07 Å². The summed E-state index contributed by atoms with van der Waals surface area (Å²) in [4.78, 5) is 3.12. The first kappa shape index (κ1) is 12.9. The van der Waals surface area contributed by atoms with Gasteiger partial charge in [0.15, 0.2) is 0 Å². The van der Waals surface area contributed by atoms with Crippen LogP contribution in [0.4, 0.5) is 4.39 Å². The van der Waals surface area contributed by atoms with Crippen LogP contribution < -0.4 is 0 Å². The predicted molar refractivity (Wildman–Crippen MR) is 78.0 cm³/mol. The van der Waals surface area contributed by atoms with Gasteiger partial charge in [0.05, 0.1) is 5.60 Å². The lowest BCUT2D eigenvalue weighted by molar-refractivity contribution is 0.0568. The van der Waals surface area contributed by atoms with Gasteiger partial charge in [-0.15, -0.1) is 0 Å². The number of rotatable bonds is 3. The molecule has 1 heterocycles. The van der Waals surface area contributed by atoms with Gasteiger partial charge in [0, 0.05) is 18.1 Å². The van der Waals surface area contributed by atoms with Crippen LogP contribution in [0.3, 0.4) is 0 Å². The Hall–Kier alpha value is -2.13. The largest absolute Gasteiger partial charge is 0.385 e. The maximum absolute atomic E-state index is 13.7. The fourth-order valence-electron chi connectivity index (χ4n) is 2.50. The fraction of sp³-hybridized carbons (Fsp3) is 0.176. The number of halogens is 1. The number of fused-ring (bicyclic) bond motifs is 1. The van der Waals surface area contributed by atoms with Crippen LogP contribution in [0, 0.1) is 5.82 Å². The Balaban J connectivity index is 1.96. The minimum absolute atomic E-state index is 0.246. The molecule has 0 bridgehead atoms. The number of nitrogens with one attached hydrogen (secondary N) is 1. The van der Waals surface area contributed by atoms with E-state index >= 15 is 0 Å². The van der Waals surface area contributed by atoms with Crippen LogP contribution in [0.25, 0.3) is 10.9 Å². The van der Waals surface area contributed by atoms with Gasteiger partial charge in [-0.25, -0.2) is 4.39 Å². The van der Waals surface area contributed by atoms with Gasteiger partial charge in [-0.2, -0.15) is 0 Å². The minimum Gasteiger partial charge on any atom is -0.385 e. The van der Waals surface area contributed by atoms with E-state index in [0.29, 0.717) is 5.56 Å². The highest BCUT2D eigenvalue weighted by molar-refractivity contribution is 5.80. The standard InChI is InChI=1S/C17H16FNO/c1-17(20,11-13-4-2-3-5-15(13)18)14-6-7-16-12(10-14)8-9-19-16/h2-10,19-20H,11H2,1H3. The zero-order valence-corrected chi connectivity index (χ0v) is 11.2. The third kappa shape index (κ3) is 2.32. The number of hydrogen-bond donors (Lipinski definition) is 2. The topological polar surface area (TPSA) is 36.0 Å². The summed E-state index contributed by atoms with van der Waals surface area (Å²) < 4.78 is 13.7. The van der Waals surface area contributed by atoms with Gasteiger partial charge in [0.25, 0.3) is 0 Å². The first-order chi connectivity index (χ1) is 9.56. The second-order valence-electron chi connectivity index (χ2n) is 5.32. The molecule has 3 aromatic rings. The molecule has 0 spiro atoms. The van der Waals surface area contributed by atoms with E-state index in [-0.39, 0.29) is 12.2 Å². The second-order valence-corrected chi connectivity index (χ2v) is 5.32. The molecule has 3 heteroatoms. The van der Waals surface area contributed by atoms with Crippen LogP contribution in [-0.2, 0) is 12.0 Å². The zero-order chi connectivity index (χ0) is 14.2. The van der Waals surface area contributed by atoms with E-state index in [4.69, 9.17) is 0 Å². The molecule has 1 unspecified atom stereocenters. The second kappa shape index (κ2) is 4.76. The van der Waals surface area contributed by atoms with Crippen LogP contribution in [0.15, 0.2) is 54.7 Å². The molecule has 0 fully saturated rings. The van der Waals surface area contributed by atoms with Crippen LogP contribution in [-0.4, -0.2) is 10.1 Å². The molecule has 0 saturated carbocycles. The van der Waals surface area contributed by atoms with Crippen molar-refractivity contribution in [1.82, 2.24) is 4.98 Å². The molecular weight excluding hydrogens is 253 g/mol. The van der Waals surface area contributed by atoms with Crippen molar-refractivity contribution >= 4 is 10.9 Å². The maximum atomic E-state index is 13.7. The van der Waals surface area contributed by atoms with Gasteiger partial charge in [-0.1, -0.05) is 24.3 Å². The first-order valence-corrected chi connectivity index (χ1v) is 6.60. The van der Waals surface area contributed by atoms with Crippen molar-refractivity contribution in [3.05, 3.63) is 71.7 Å². The van der Waals surface area contributed by atoms with Gasteiger partial charge < -0.3 is 10.1 Å². The van der Waals surface area contributed by atoms with E-state index in [0.717, 1.165) is 16.5 Å². The van der Waals surface area contributed by atoms with Crippen LogP contribution in [0.5, 0.6) is 0 Å². The molecule has 2 aromatic carbocycles. The fourth-order valence-corrected chi connectivity index (χ4v) is 2.50. The Labute approximate surface area is 116 Å². The van der Waals surface area contributed by atoms with Crippen molar-refractivity contribution in [2.45, 2.75) is 18.9 Å². The van der Waals surface area contributed by atoms with Gasteiger partial charge in [-0.3, -0.25) is 0 Å². The van der Waals surface area contributed by atoms with Crippen molar-refractivity contribution in [3.63, 3.8) is 0 Å². The molecule has 0 radical (unpaired) electrons. The zero-order valence-electron chi connectivity index (χ0n) is 11.2. The normalized spacial score (nSPS) is 14.3. The summed E-state index contributed by atoms with van der Waals surface area (Å²) in [5.74, 6) is -0.282. The summed E-state index contributed by atoms with van der Waals surface area (Å²) in [5, 5.41) is 11.7. The third-order valence-corrected chi connectivity index (χ3v) is 3.67. The molecule has 1 atom stereocenters. The molecule has 2 N–H and O–H groups in total. The number of aromatic nitrogens is 1. The lowest BCUT2D eigenvalue weighted by Gasteiger charge is -2.24. The highest BCUT2D eigenvalue weighted by atomic mass is 19.1. The average molecular weight is 269 g/mol. The van der Waals surface area contributed by atoms with Gasteiger partial charge in [-0.05, 0) is 47.7 Å². The van der Waals surface area contributed by atoms with E-state index in [1.54, 1.807) is 25.1 Å². The highest BCUT2D eigenvalue weighted by Gasteiger charge is 2.25. The number of aromatic amines is 1. The molecule has 102 valence electrons. The van der Waals surface area contributed by atoms with E-state index < -0.39 is 5.60 Å². The molecule has 2 nitrogen and oxygen atoms in total. The molecule has 1 aromatic heterocycles. The molecule has 3 rings (SSSR count). The lowest BCUT2D eigenvalue weighted by Crippen LogP contribution is -2.24. The Morgan fingerprint density at radius 3 is 2.75 bits per heavy atom. The van der Waals surface area contributed by atoms with Crippen LogP contribution in [0.2, 0.25) is 0 Å². The third-order valence-electron chi connectivity index (χ3n) is 3.67. The molecule has 0 saturated heterocycles. The van der Waals surface area contributed by atoms with Crippen LogP contribution >= 0.6 is 0 Å². The summed E-state index contributed by atoms with van der Waals surface area (Å²) in [6, 6.07) is 14.3. The van der Waals surface area contributed by atoms with Gasteiger partial charge >= 0.3 is 0 Å². The summed E-state index contributed by atoms with van der Waals surface area (Å²) in [5.41, 5.74) is 1.23. The van der Waals surface area contributed by atoms with Crippen molar-refractivity contribution in [2.24, 2.45) is 0 Å². The number of hydrogen-bond acceptors (Lipinski definition) is 1. The Morgan fingerprint density at radius 2 is 1.95 bits per heavy atom. The lowest BCUT2D eigenvalue weighted by atomic mass is 9.88. The molecule has 20 heavy (non-hydrogen) atoms. The number of H-pyrrole nitrogens is 1. The van der Waals surface area contributed by atoms with E-state index in [9.17, 15) is 9.50 Å².